The summed E-state index contributed by atoms with van der Waals surface area (Å²) < 4.78 is 2.40. The Morgan fingerprint density at radius 3 is 1.64 bits per heavy atom. The number of benzene rings is 7. The van der Waals surface area contributed by atoms with Crippen molar-refractivity contribution in [2.75, 3.05) is 0 Å². The molecule has 0 aliphatic rings. The molecule has 0 radical (unpaired) electrons. The number of aromatic nitrogens is 3. The van der Waals surface area contributed by atoms with E-state index in [1.54, 1.807) is 11.3 Å². The van der Waals surface area contributed by atoms with Gasteiger partial charge in [-0.1, -0.05) is 121 Å². The lowest BCUT2D eigenvalue weighted by Gasteiger charge is -2.14. The van der Waals surface area contributed by atoms with Crippen LogP contribution in [0.2, 0.25) is 5.02 Å². The number of thiophene rings is 1. The molecule has 2 heterocycles. The topological polar surface area (TPSA) is 38.7 Å². The maximum absolute atomic E-state index is 7.14. The van der Waals surface area contributed by atoms with Gasteiger partial charge in [0.2, 0.25) is 0 Å². The molecule has 44 heavy (non-hydrogen) atoms. The van der Waals surface area contributed by atoms with E-state index in [1.807, 2.05) is 30.3 Å². The van der Waals surface area contributed by atoms with Crippen molar-refractivity contribution < 1.29 is 0 Å². The van der Waals surface area contributed by atoms with Crippen LogP contribution in [-0.2, 0) is 0 Å². The van der Waals surface area contributed by atoms with Crippen molar-refractivity contribution in [3.05, 3.63) is 138 Å². The van der Waals surface area contributed by atoms with Gasteiger partial charge in [-0.25, -0.2) is 15.0 Å². The second kappa shape index (κ2) is 9.95. The third-order valence-electron chi connectivity index (χ3n) is 8.39. The van der Waals surface area contributed by atoms with Crippen molar-refractivity contribution in [3.8, 4) is 34.2 Å². The van der Waals surface area contributed by atoms with Gasteiger partial charge in [0.05, 0.1) is 5.02 Å². The molecule has 0 spiro atoms. The van der Waals surface area contributed by atoms with Gasteiger partial charge in [0.25, 0.3) is 0 Å². The Morgan fingerprint density at radius 1 is 0.409 bits per heavy atom. The molecule has 0 saturated heterocycles. The molecular formula is C39H22ClN3S. The molecule has 0 N–H and O–H groups in total. The van der Waals surface area contributed by atoms with Crippen molar-refractivity contribution in [2.45, 2.75) is 0 Å². The van der Waals surface area contributed by atoms with Gasteiger partial charge in [-0.2, -0.15) is 0 Å². The molecule has 206 valence electrons. The molecule has 0 amide bonds. The number of nitrogens with zero attached hydrogens (tertiary/aromatic N) is 3. The highest BCUT2D eigenvalue weighted by Gasteiger charge is 2.19. The third kappa shape index (κ3) is 3.92. The number of fused-ring (bicyclic) bond motifs is 9. The van der Waals surface area contributed by atoms with E-state index >= 15 is 0 Å². The number of rotatable bonds is 3. The first kappa shape index (κ1) is 25.3. The predicted octanol–water partition coefficient (Wildman–Crippen LogP) is 11.4. The Bertz CT molecular complexity index is 2570. The summed E-state index contributed by atoms with van der Waals surface area (Å²) in [7, 11) is 0. The lowest BCUT2D eigenvalue weighted by atomic mass is 9.93. The van der Waals surface area contributed by atoms with Gasteiger partial charge in [0, 0.05) is 36.9 Å². The average Bonchev–Trinajstić information content (AvgIpc) is 3.47. The fourth-order valence-corrected chi connectivity index (χ4v) is 7.81. The van der Waals surface area contributed by atoms with Crippen LogP contribution in [0.4, 0.5) is 0 Å². The summed E-state index contributed by atoms with van der Waals surface area (Å²) in [6.07, 6.45) is 0. The van der Waals surface area contributed by atoms with Crippen LogP contribution < -0.4 is 0 Å². The van der Waals surface area contributed by atoms with E-state index in [9.17, 15) is 0 Å². The Balaban J connectivity index is 1.35. The lowest BCUT2D eigenvalue weighted by molar-refractivity contribution is 1.08. The monoisotopic (exact) mass is 599 g/mol. The van der Waals surface area contributed by atoms with Crippen molar-refractivity contribution in [3.63, 3.8) is 0 Å². The van der Waals surface area contributed by atoms with Crippen LogP contribution in [0.3, 0.4) is 0 Å². The fourth-order valence-electron chi connectivity index (χ4n) is 6.35. The van der Waals surface area contributed by atoms with Gasteiger partial charge in [-0.3, -0.25) is 0 Å². The van der Waals surface area contributed by atoms with Crippen LogP contribution in [0.15, 0.2) is 133 Å². The molecule has 2 aromatic heterocycles. The largest absolute Gasteiger partial charge is 0.208 e. The predicted molar refractivity (Wildman–Crippen MR) is 187 cm³/mol. The highest BCUT2D eigenvalue weighted by Crippen LogP contribution is 2.42. The standard InChI is InChI=1S/C39H22ClN3S/c40-34-22-32-27-16-7-5-14-25(27)24-13-4-6-15-26(24)31(32)21-33(34)39-42-37(23-11-2-1-3-12-23)41-38(43-39)30-19-10-18-29-28-17-8-9-20-35(28)44-36(29)30/h1-22H. The van der Waals surface area contributed by atoms with Crippen molar-refractivity contribution in [2.24, 2.45) is 0 Å². The fraction of sp³-hybridized carbons (Fsp3) is 0. The first-order valence-electron chi connectivity index (χ1n) is 14.5. The maximum Gasteiger partial charge on any atom is 0.165 e. The van der Waals surface area contributed by atoms with E-state index in [2.05, 4.69) is 103 Å². The van der Waals surface area contributed by atoms with Gasteiger partial charge >= 0.3 is 0 Å². The van der Waals surface area contributed by atoms with Gasteiger partial charge < -0.3 is 0 Å². The SMILES string of the molecule is Clc1cc2c3ccccc3c3ccccc3c2cc1-c1nc(-c2ccccc2)nc(-c2cccc3c2sc2ccccc23)n1. The second-order valence-corrected chi connectivity index (χ2v) is 12.4. The Kier molecular flexibility index (Phi) is 5.73. The second-order valence-electron chi connectivity index (χ2n) is 10.9. The number of halogens is 1. The number of hydrogen-bond donors (Lipinski definition) is 0. The minimum absolute atomic E-state index is 0.552. The molecule has 7 aromatic carbocycles. The van der Waals surface area contributed by atoms with Crippen LogP contribution in [0, 0.1) is 0 Å². The zero-order valence-electron chi connectivity index (χ0n) is 23.3. The smallest absolute Gasteiger partial charge is 0.165 e. The van der Waals surface area contributed by atoms with Crippen molar-refractivity contribution in [1.29, 1.82) is 0 Å². The summed E-state index contributed by atoms with van der Waals surface area (Å²) in [4.78, 5) is 15.2. The zero-order valence-corrected chi connectivity index (χ0v) is 24.9. The van der Waals surface area contributed by atoms with Gasteiger partial charge in [-0.15, -0.1) is 11.3 Å². The zero-order chi connectivity index (χ0) is 29.2. The van der Waals surface area contributed by atoms with Crippen LogP contribution >= 0.6 is 22.9 Å². The van der Waals surface area contributed by atoms with E-state index in [1.165, 1.54) is 37.0 Å². The van der Waals surface area contributed by atoms with Gasteiger partial charge in [0.1, 0.15) is 0 Å². The van der Waals surface area contributed by atoms with E-state index in [4.69, 9.17) is 26.6 Å². The Labute approximate surface area is 262 Å². The first-order chi connectivity index (χ1) is 21.7. The third-order valence-corrected chi connectivity index (χ3v) is 9.92. The van der Waals surface area contributed by atoms with Crippen LogP contribution in [0.25, 0.3) is 86.7 Å². The maximum atomic E-state index is 7.14. The average molecular weight is 600 g/mol. The molecular weight excluding hydrogens is 578 g/mol. The Morgan fingerprint density at radius 2 is 0.932 bits per heavy atom. The minimum atomic E-state index is 0.552. The van der Waals surface area contributed by atoms with Crippen LogP contribution in [0.5, 0.6) is 0 Å². The molecule has 3 nitrogen and oxygen atoms in total. The summed E-state index contributed by atoms with van der Waals surface area (Å²) in [5, 5.41) is 10.0. The Hall–Kier alpha value is -5.16. The molecule has 0 aliphatic carbocycles. The summed E-state index contributed by atoms with van der Waals surface area (Å²) in [6.45, 7) is 0. The summed E-state index contributed by atoms with van der Waals surface area (Å²) in [5.41, 5.74) is 2.69. The summed E-state index contributed by atoms with van der Waals surface area (Å²) in [5.74, 6) is 1.80. The molecule has 0 bridgehead atoms. The molecule has 0 atom stereocenters. The van der Waals surface area contributed by atoms with E-state index in [0.29, 0.717) is 22.5 Å². The first-order valence-corrected chi connectivity index (χ1v) is 15.7. The molecule has 0 unspecified atom stereocenters. The summed E-state index contributed by atoms with van der Waals surface area (Å²) in [6, 6.07) is 46.2. The number of hydrogen-bond acceptors (Lipinski definition) is 4. The highest BCUT2D eigenvalue weighted by atomic mass is 35.5. The molecule has 0 fully saturated rings. The van der Waals surface area contributed by atoms with Gasteiger partial charge in [0.15, 0.2) is 17.5 Å². The van der Waals surface area contributed by atoms with E-state index < -0.39 is 0 Å². The molecule has 0 aliphatic heterocycles. The van der Waals surface area contributed by atoms with E-state index in [0.717, 1.165) is 32.2 Å². The quantitative estimate of drug-likeness (QED) is 0.190. The van der Waals surface area contributed by atoms with Crippen LogP contribution in [-0.4, -0.2) is 15.0 Å². The van der Waals surface area contributed by atoms with Crippen LogP contribution in [0.1, 0.15) is 0 Å². The highest BCUT2D eigenvalue weighted by molar-refractivity contribution is 7.26. The summed E-state index contributed by atoms with van der Waals surface area (Å²) >= 11 is 8.90. The van der Waals surface area contributed by atoms with Gasteiger partial charge in [-0.05, 0) is 56.6 Å². The van der Waals surface area contributed by atoms with Crippen molar-refractivity contribution >= 4 is 75.4 Å². The molecule has 5 heteroatoms. The normalized spacial score (nSPS) is 11.8. The molecule has 0 saturated carbocycles. The van der Waals surface area contributed by atoms with E-state index in [-0.39, 0.29) is 0 Å². The van der Waals surface area contributed by atoms with Crippen molar-refractivity contribution in [1.82, 2.24) is 15.0 Å². The lowest BCUT2D eigenvalue weighted by Crippen LogP contribution is -2.00. The molecule has 9 rings (SSSR count). The minimum Gasteiger partial charge on any atom is -0.208 e. The molecule has 9 aromatic rings.